The Hall–Kier alpha value is -2.05. The number of halogens is 4. The van der Waals surface area contributed by atoms with E-state index in [0.29, 0.717) is 6.54 Å². The van der Waals surface area contributed by atoms with E-state index in [0.717, 1.165) is 31.0 Å². The van der Waals surface area contributed by atoms with E-state index in [1.165, 1.54) is 18.2 Å². The summed E-state index contributed by atoms with van der Waals surface area (Å²) in [6, 6.07) is 5.68. The van der Waals surface area contributed by atoms with Crippen LogP contribution in [0.3, 0.4) is 0 Å². The number of rotatable bonds is 4. The van der Waals surface area contributed by atoms with Crippen LogP contribution in [0.5, 0.6) is 5.75 Å². The lowest BCUT2D eigenvalue weighted by atomic mass is 9.99. The minimum atomic E-state index is -4.78. The number of nitrogens with one attached hydrogen (secondary N) is 1. The summed E-state index contributed by atoms with van der Waals surface area (Å²) >= 11 is 0. The molecule has 0 amide bonds. The van der Waals surface area contributed by atoms with Crippen LogP contribution < -0.4 is 15.8 Å². The number of fused-ring (bicyclic) bond motifs is 1. The summed E-state index contributed by atoms with van der Waals surface area (Å²) in [5.41, 5.74) is 5.93. The van der Waals surface area contributed by atoms with Crippen molar-refractivity contribution in [3.63, 3.8) is 0 Å². The monoisotopic (exact) mass is 496 g/mol. The van der Waals surface area contributed by atoms with Crippen LogP contribution in [0, 0.1) is 12.8 Å². The maximum Gasteiger partial charge on any atom is 0.573 e. The molecule has 27 heavy (non-hydrogen) atoms. The van der Waals surface area contributed by atoms with Crippen molar-refractivity contribution in [3.8, 4) is 5.75 Å². The van der Waals surface area contributed by atoms with Crippen molar-refractivity contribution in [2.24, 2.45) is 16.6 Å². The maximum atomic E-state index is 12.5. The van der Waals surface area contributed by atoms with Gasteiger partial charge >= 0.3 is 6.36 Å². The number of hydrogen-bond donors (Lipinski definition) is 2. The fraction of sp³-hybridized carbons (Fsp3) is 0.438. The number of para-hydroxylation sites is 2. The minimum absolute atomic E-state index is 0. The highest BCUT2D eigenvalue weighted by molar-refractivity contribution is 14.0. The first kappa shape index (κ1) is 21.3. The Morgan fingerprint density at radius 2 is 2.11 bits per heavy atom. The van der Waals surface area contributed by atoms with Crippen LogP contribution in [0.2, 0.25) is 0 Å². The van der Waals surface area contributed by atoms with Crippen LogP contribution in [-0.4, -0.2) is 33.6 Å². The van der Waals surface area contributed by atoms with Gasteiger partial charge < -0.3 is 20.4 Å². The van der Waals surface area contributed by atoms with Crippen LogP contribution in [0.25, 0.3) is 0 Å². The van der Waals surface area contributed by atoms with Gasteiger partial charge in [-0.3, -0.25) is 4.99 Å². The average molecular weight is 496 g/mol. The zero-order valence-corrected chi connectivity index (χ0v) is 16.9. The molecule has 2 heterocycles. The predicted molar refractivity (Wildman–Crippen MR) is 105 cm³/mol. The van der Waals surface area contributed by atoms with Crippen LogP contribution >= 0.6 is 24.0 Å². The molecule has 1 unspecified atom stereocenters. The number of guanidine groups is 1. The first-order chi connectivity index (χ1) is 12.3. The fourth-order valence-electron chi connectivity index (χ4n) is 2.87. The van der Waals surface area contributed by atoms with Gasteiger partial charge in [0.05, 0.1) is 5.69 Å². The van der Waals surface area contributed by atoms with E-state index < -0.39 is 6.36 Å². The number of anilines is 1. The van der Waals surface area contributed by atoms with Crippen molar-refractivity contribution in [2.45, 2.75) is 32.7 Å². The first-order valence-corrected chi connectivity index (χ1v) is 8.12. The summed E-state index contributed by atoms with van der Waals surface area (Å²) in [6.07, 6.45) is -3.06. The van der Waals surface area contributed by atoms with Crippen molar-refractivity contribution in [3.05, 3.63) is 35.9 Å². The third-order valence-electron chi connectivity index (χ3n) is 4.12. The second kappa shape index (κ2) is 8.76. The van der Waals surface area contributed by atoms with E-state index in [2.05, 4.69) is 29.8 Å². The first-order valence-electron chi connectivity index (χ1n) is 8.12. The summed E-state index contributed by atoms with van der Waals surface area (Å²) in [5.74, 6) is 1.76. The molecule has 148 valence electrons. The van der Waals surface area contributed by atoms with Crippen molar-refractivity contribution in [1.29, 1.82) is 0 Å². The second-order valence-electron chi connectivity index (χ2n) is 6.07. The molecular weight excluding hydrogens is 476 g/mol. The van der Waals surface area contributed by atoms with Gasteiger partial charge in [-0.25, -0.2) is 0 Å². The van der Waals surface area contributed by atoms with Crippen LogP contribution in [0.4, 0.5) is 18.9 Å². The molecule has 0 bridgehead atoms. The Labute approximate surface area is 171 Å². The number of aryl methyl sites for hydroxylation is 2. The molecule has 0 fully saturated rings. The normalized spacial score (nSPS) is 17.0. The molecule has 3 rings (SSSR count). The predicted octanol–water partition coefficient (Wildman–Crippen LogP) is 3.09. The smallest absolute Gasteiger partial charge is 0.404 e. The number of aromatic nitrogens is 3. The van der Waals surface area contributed by atoms with Gasteiger partial charge in [0, 0.05) is 19.5 Å². The van der Waals surface area contributed by atoms with Gasteiger partial charge in [-0.2, -0.15) is 0 Å². The van der Waals surface area contributed by atoms with Crippen molar-refractivity contribution < 1.29 is 17.9 Å². The highest BCUT2D eigenvalue weighted by atomic mass is 127. The van der Waals surface area contributed by atoms with Gasteiger partial charge in [0.25, 0.3) is 0 Å². The van der Waals surface area contributed by atoms with Crippen LogP contribution in [-0.2, 0) is 13.0 Å². The summed E-state index contributed by atoms with van der Waals surface area (Å²) in [5, 5.41) is 10.8. The van der Waals surface area contributed by atoms with Gasteiger partial charge in [-0.15, -0.1) is 47.3 Å². The van der Waals surface area contributed by atoms with E-state index in [9.17, 15) is 13.2 Å². The van der Waals surface area contributed by atoms with Crippen LogP contribution in [0.1, 0.15) is 18.1 Å². The largest absolute Gasteiger partial charge is 0.573 e. The molecule has 0 saturated heterocycles. The van der Waals surface area contributed by atoms with E-state index in [1.807, 2.05) is 6.92 Å². The molecule has 11 heteroatoms. The third kappa shape index (κ3) is 5.71. The lowest BCUT2D eigenvalue weighted by Gasteiger charge is -2.22. The summed E-state index contributed by atoms with van der Waals surface area (Å²) < 4.78 is 43.4. The lowest BCUT2D eigenvalue weighted by Crippen LogP contribution is -2.27. The van der Waals surface area contributed by atoms with E-state index in [1.54, 1.807) is 6.07 Å². The molecule has 2 aromatic rings. The van der Waals surface area contributed by atoms with Crippen LogP contribution in [0.15, 0.2) is 29.3 Å². The number of aliphatic imine (C=N–C) groups is 1. The number of nitrogens with zero attached hydrogens (tertiary/aromatic N) is 4. The molecule has 0 aliphatic carbocycles. The Balaban J connectivity index is 0.00000261. The highest BCUT2D eigenvalue weighted by Gasteiger charge is 2.32. The molecule has 1 aromatic carbocycles. The molecule has 7 nitrogen and oxygen atoms in total. The quantitative estimate of drug-likeness (QED) is 0.386. The molecule has 1 aliphatic heterocycles. The number of nitrogens with two attached hydrogens (primary N) is 1. The molecule has 1 aliphatic rings. The Morgan fingerprint density at radius 3 is 2.85 bits per heavy atom. The molecule has 0 radical (unpaired) electrons. The van der Waals surface area contributed by atoms with Gasteiger partial charge in [-0.1, -0.05) is 12.1 Å². The SMILES string of the molecule is Cc1nnc2n1CC(CN=C(N)Nc1ccccc1OC(F)(F)F)CC2.I. The van der Waals surface area contributed by atoms with Gasteiger partial charge in [0.1, 0.15) is 11.6 Å². The molecule has 1 atom stereocenters. The highest BCUT2D eigenvalue weighted by Crippen LogP contribution is 2.29. The van der Waals surface area contributed by atoms with Gasteiger partial charge in [-0.05, 0) is 31.4 Å². The van der Waals surface area contributed by atoms with Crippen molar-refractivity contribution >= 4 is 35.6 Å². The summed E-state index contributed by atoms with van der Waals surface area (Å²) in [7, 11) is 0. The fourth-order valence-corrected chi connectivity index (χ4v) is 2.87. The molecule has 1 aromatic heterocycles. The Bertz CT molecular complexity index is 808. The van der Waals surface area contributed by atoms with Crippen molar-refractivity contribution in [2.75, 3.05) is 11.9 Å². The average Bonchev–Trinajstić information content (AvgIpc) is 2.94. The third-order valence-corrected chi connectivity index (χ3v) is 4.12. The maximum absolute atomic E-state index is 12.5. The summed E-state index contributed by atoms with van der Waals surface area (Å²) in [6.45, 7) is 3.10. The van der Waals surface area contributed by atoms with E-state index in [-0.39, 0.29) is 47.3 Å². The van der Waals surface area contributed by atoms with Gasteiger partial charge in [0.15, 0.2) is 11.7 Å². The number of ether oxygens (including phenoxy) is 1. The zero-order chi connectivity index (χ0) is 18.7. The van der Waals surface area contributed by atoms with E-state index >= 15 is 0 Å². The molecular formula is C16H20F3IN6O. The molecule has 3 N–H and O–H groups in total. The standard InChI is InChI=1S/C16H19F3N6O.HI/c1-10-23-24-14-7-6-11(9-25(10)14)8-21-15(20)22-12-4-2-3-5-13(12)26-16(17,18)19;/h2-5,11H,6-9H2,1H3,(H3,20,21,22);1H. The topological polar surface area (TPSA) is 90.4 Å². The van der Waals surface area contributed by atoms with E-state index in [4.69, 9.17) is 5.73 Å². The minimum Gasteiger partial charge on any atom is -0.404 e. The lowest BCUT2D eigenvalue weighted by molar-refractivity contribution is -0.274. The van der Waals surface area contributed by atoms with Gasteiger partial charge in [0.2, 0.25) is 0 Å². The number of hydrogen-bond acceptors (Lipinski definition) is 4. The number of alkyl halides is 3. The second-order valence-corrected chi connectivity index (χ2v) is 6.07. The molecule has 0 saturated carbocycles. The zero-order valence-electron chi connectivity index (χ0n) is 14.5. The Kier molecular flexibility index (Phi) is 6.89. The molecule has 0 spiro atoms. The Morgan fingerprint density at radius 1 is 1.37 bits per heavy atom. The van der Waals surface area contributed by atoms with Crippen molar-refractivity contribution in [1.82, 2.24) is 14.8 Å². The number of benzene rings is 1. The summed E-state index contributed by atoms with van der Waals surface area (Å²) in [4.78, 5) is 4.26.